The molecule has 1 aromatic carbocycles. The fraction of sp³-hybridized carbons (Fsp3) is 0.417. The van der Waals surface area contributed by atoms with Crippen molar-refractivity contribution in [2.45, 2.75) is 33.1 Å². The molecule has 0 aromatic heterocycles. The van der Waals surface area contributed by atoms with E-state index in [1.807, 2.05) is 0 Å². The molecule has 0 fully saturated rings. The first-order valence-corrected chi connectivity index (χ1v) is 4.05. The van der Waals surface area contributed by atoms with E-state index in [0.29, 0.717) is 0 Å². The summed E-state index contributed by atoms with van der Waals surface area (Å²) >= 11 is 0. The van der Waals surface area contributed by atoms with Crippen molar-refractivity contribution in [1.82, 2.24) is 0 Å². The second-order valence-corrected chi connectivity index (χ2v) is 2.90. The Bertz CT molecular complexity index is 189. The molecule has 0 bridgehead atoms. The number of unbranched alkanes of at least 4 members (excludes halogenated alkanes) is 1. The van der Waals surface area contributed by atoms with Gasteiger partial charge in [-0.05, 0) is 0 Å². The Balaban J connectivity index is -0.000000333. The van der Waals surface area contributed by atoms with E-state index in [4.69, 9.17) is 0 Å². The van der Waals surface area contributed by atoms with E-state index >= 15 is 0 Å². The summed E-state index contributed by atoms with van der Waals surface area (Å²) in [6.45, 7) is 4.38. The molecule has 0 N–H and O–H groups in total. The second-order valence-electron chi connectivity index (χ2n) is 2.90. The van der Waals surface area contributed by atoms with Crippen LogP contribution >= 0.6 is 0 Å². The summed E-state index contributed by atoms with van der Waals surface area (Å²) in [5, 5.41) is 0. The van der Waals surface area contributed by atoms with E-state index in [0.717, 1.165) is 0 Å². The topological polar surface area (TPSA) is 0 Å². The van der Waals surface area contributed by atoms with Gasteiger partial charge < -0.3 is 14.9 Å². The molecule has 0 saturated heterocycles. The maximum Gasteiger partial charge on any atom is 0 e. The summed E-state index contributed by atoms with van der Waals surface area (Å²) in [6.07, 6.45) is 3.87. The van der Waals surface area contributed by atoms with E-state index in [1.165, 1.54) is 30.4 Å². The van der Waals surface area contributed by atoms with Crippen LogP contribution in [0.15, 0.2) is 18.2 Å². The number of rotatable bonds is 3. The zero-order chi connectivity index (χ0) is 7.40. The minimum Gasteiger partial charge on any atom is -0.358 e. The molecule has 0 unspecified atom stereocenters. The van der Waals surface area contributed by atoms with Crippen molar-refractivity contribution >= 4 is 0 Å². The van der Waals surface area contributed by atoms with Crippen molar-refractivity contribution in [3.8, 4) is 0 Å². The minimum absolute atomic E-state index is 0. The Morgan fingerprint density at radius 3 is 2.31 bits per heavy atom. The molecular weight excluding hydrogens is 323 g/mol. The molecule has 0 aliphatic heterocycles. The first-order chi connectivity index (χ1) is 4.83. The van der Waals surface area contributed by atoms with Gasteiger partial charge in [0.05, 0.1) is 0 Å². The van der Waals surface area contributed by atoms with Crippen LogP contribution in [0.2, 0.25) is 0 Å². The van der Waals surface area contributed by atoms with Gasteiger partial charge in [0.15, 0.2) is 0 Å². The van der Waals surface area contributed by atoms with Gasteiger partial charge in [0.2, 0.25) is 0 Å². The van der Waals surface area contributed by atoms with Crippen molar-refractivity contribution in [1.29, 1.82) is 0 Å². The van der Waals surface area contributed by atoms with Crippen molar-refractivity contribution in [3.05, 3.63) is 44.2 Å². The summed E-state index contributed by atoms with van der Waals surface area (Å²) in [4.78, 5) is 0. The van der Waals surface area contributed by atoms with Crippen LogP contribution in [0.4, 0.5) is 0 Å². The Hall–Kier alpha value is 0.220. The maximum absolute atomic E-state index is 2.27. The minimum atomic E-state index is 0. The Morgan fingerprint density at radius 2 is 1.92 bits per heavy atom. The molecule has 1 aromatic rings. The van der Waals surface area contributed by atoms with Crippen molar-refractivity contribution in [2.75, 3.05) is 0 Å². The van der Waals surface area contributed by atoms with Gasteiger partial charge >= 0.3 is 0 Å². The third-order valence-electron chi connectivity index (χ3n) is 1.79. The van der Waals surface area contributed by atoms with Crippen LogP contribution in [0.3, 0.4) is 0 Å². The smallest absolute Gasteiger partial charge is 0 e. The van der Waals surface area contributed by atoms with E-state index in [2.05, 4.69) is 32.0 Å². The van der Waals surface area contributed by atoms with Gasteiger partial charge in [-0.2, -0.15) is 23.3 Å². The fourth-order valence-electron chi connectivity index (χ4n) is 1.16. The van der Waals surface area contributed by atoms with Gasteiger partial charge in [0.1, 0.15) is 0 Å². The average Bonchev–Trinajstić information content (AvgIpc) is 2.31. The zero-order valence-corrected chi connectivity index (χ0v) is 12.9. The molecular formula is C12H21Hf-3. The quantitative estimate of drug-likeness (QED) is 0.576. The SMILES string of the molecule is CCCCc1cc[c-](C)c1.[CH3-].[CH3-].[Hf]. The molecule has 1 rings (SSSR count). The fourth-order valence-corrected chi connectivity index (χ4v) is 1.16. The summed E-state index contributed by atoms with van der Waals surface area (Å²) in [5.74, 6) is 0. The third-order valence-corrected chi connectivity index (χ3v) is 1.79. The predicted molar refractivity (Wildman–Crippen MR) is 58.2 cm³/mol. The summed E-state index contributed by atoms with van der Waals surface area (Å²) in [7, 11) is 0. The standard InChI is InChI=1S/C10H15.2CH3.Hf/c1-3-4-5-10-7-6-9(2)8-10;;;/h6-8H,3-5H2,1-2H3;2*1H3;/q3*-1;. The molecule has 0 nitrogen and oxygen atoms in total. The van der Waals surface area contributed by atoms with Crippen molar-refractivity contribution in [3.63, 3.8) is 0 Å². The summed E-state index contributed by atoms with van der Waals surface area (Å²) in [6, 6.07) is 6.69. The Kier molecular flexibility index (Phi) is 15.0. The molecule has 0 aliphatic rings. The van der Waals surface area contributed by atoms with Crippen LogP contribution < -0.4 is 0 Å². The molecule has 1 heteroatoms. The van der Waals surface area contributed by atoms with Crippen molar-refractivity contribution in [2.24, 2.45) is 0 Å². The molecule has 0 atom stereocenters. The molecule has 0 amide bonds. The largest absolute Gasteiger partial charge is 0.358 e. The Morgan fingerprint density at radius 1 is 1.31 bits per heavy atom. The summed E-state index contributed by atoms with van der Waals surface area (Å²) < 4.78 is 0. The predicted octanol–water partition coefficient (Wildman–Crippen LogP) is 3.95. The molecule has 76 valence electrons. The van der Waals surface area contributed by atoms with Gasteiger partial charge in [0, 0.05) is 25.8 Å². The third kappa shape index (κ3) is 7.30. The van der Waals surface area contributed by atoms with E-state index in [1.54, 1.807) is 0 Å². The van der Waals surface area contributed by atoms with Crippen LogP contribution in [0, 0.1) is 21.8 Å². The summed E-state index contributed by atoms with van der Waals surface area (Å²) in [5.41, 5.74) is 2.89. The van der Waals surface area contributed by atoms with Crippen LogP contribution in [0.25, 0.3) is 0 Å². The first-order valence-electron chi connectivity index (χ1n) is 4.05. The maximum atomic E-state index is 2.27. The van der Waals surface area contributed by atoms with Crippen molar-refractivity contribution < 1.29 is 25.8 Å². The van der Waals surface area contributed by atoms with E-state index < -0.39 is 0 Å². The number of aryl methyl sites for hydroxylation is 2. The molecule has 0 aliphatic carbocycles. The van der Waals surface area contributed by atoms with Crippen LogP contribution in [0.1, 0.15) is 30.9 Å². The van der Waals surface area contributed by atoms with Gasteiger partial charge in [-0.3, -0.25) is 0 Å². The average molecular weight is 344 g/mol. The van der Waals surface area contributed by atoms with E-state index in [9.17, 15) is 0 Å². The van der Waals surface area contributed by atoms with Crippen LogP contribution in [-0.4, -0.2) is 0 Å². The molecule has 0 saturated carbocycles. The van der Waals surface area contributed by atoms with Gasteiger partial charge in [-0.1, -0.05) is 33.1 Å². The molecule has 0 heterocycles. The van der Waals surface area contributed by atoms with Gasteiger partial charge in [-0.25, -0.2) is 6.07 Å². The monoisotopic (exact) mass is 345 g/mol. The van der Waals surface area contributed by atoms with E-state index in [-0.39, 0.29) is 40.7 Å². The van der Waals surface area contributed by atoms with Crippen LogP contribution in [0.5, 0.6) is 0 Å². The molecule has 0 spiro atoms. The molecule has 13 heavy (non-hydrogen) atoms. The number of hydrogen-bond acceptors (Lipinski definition) is 0. The molecule has 0 radical (unpaired) electrons. The normalized spacial score (nSPS) is 7.85. The number of hydrogen-bond donors (Lipinski definition) is 0. The van der Waals surface area contributed by atoms with Gasteiger partial charge in [-0.15, -0.1) is 0 Å². The zero-order valence-electron chi connectivity index (χ0n) is 9.35. The van der Waals surface area contributed by atoms with Crippen LogP contribution in [-0.2, 0) is 32.3 Å². The second kappa shape index (κ2) is 10.3. The first kappa shape index (κ1) is 18.9. The Labute approximate surface area is 103 Å². The van der Waals surface area contributed by atoms with Gasteiger partial charge in [0.25, 0.3) is 0 Å².